The molecule has 0 aliphatic rings. The molecule has 0 spiro atoms. The van der Waals surface area contributed by atoms with E-state index in [-0.39, 0.29) is 73.7 Å². The molecule has 4 heterocycles. The van der Waals surface area contributed by atoms with Crippen molar-refractivity contribution in [3.63, 3.8) is 0 Å². The van der Waals surface area contributed by atoms with Gasteiger partial charge in [-0.15, -0.1) is 45.3 Å². The molecule has 23 heteroatoms. The van der Waals surface area contributed by atoms with Crippen LogP contribution in [0.5, 0.6) is 0 Å². The van der Waals surface area contributed by atoms with E-state index in [1.807, 2.05) is 103 Å². The third-order valence-electron chi connectivity index (χ3n) is 16.5. The number of amides is 6. The normalized spacial score (nSPS) is 13.0. The molecular formula is C75H97N11O8S4. The maximum absolute atomic E-state index is 13.9. The molecule has 0 aliphatic heterocycles. The van der Waals surface area contributed by atoms with Gasteiger partial charge in [-0.05, 0) is 105 Å². The first-order valence-corrected chi connectivity index (χ1v) is 37.4. The van der Waals surface area contributed by atoms with Gasteiger partial charge in [0.05, 0.1) is 67.4 Å². The van der Waals surface area contributed by atoms with E-state index >= 15 is 0 Å². The van der Waals surface area contributed by atoms with Crippen LogP contribution >= 0.6 is 45.3 Å². The zero-order valence-corrected chi connectivity index (χ0v) is 60.8. The van der Waals surface area contributed by atoms with E-state index in [9.17, 15) is 28.8 Å². The fourth-order valence-electron chi connectivity index (χ4n) is 11.3. The van der Waals surface area contributed by atoms with Crippen molar-refractivity contribution >= 4 is 81.2 Å². The second-order valence-corrected chi connectivity index (χ2v) is 29.2. The Balaban J connectivity index is 0.000000276. The average Bonchev–Trinajstić information content (AvgIpc) is 1.56. The molecule has 4 aromatic carbocycles. The predicted molar refractivity (Wildman–Crippen MR) is 392 cm³/mol. The van der Waals surface area contributed by atoms with E-state index in [2.05, 4.69) is 105 Å². The van der Waals surface area contributed by atoms with Gasteiger partial charge in [0.2, 0.25) is 0 Å². The molecule has 8 rings (SSSR count). The number of urea groups is 2. The number of hydrogen-bond acceptors (Lipinski definition) is 17. The number of carbonyl (C=O) groups excluding carboxylic acids is 6. The van der Waals surface area contributed by atoms with E-state index in [0.29, 0.717) is 89.1 Å². The van der Waals surface area contributed by atoms with E-state index < -0.39 is 24.3 Å². The van der Waals surface area contributed by atoms with Gasteiger partial charge in [0, 0.05) is 74.0 Å². The van der Waals surface area contributed by atoms with Crippen molar-refractivity contribution < 1.29 is 38.2 Å². The lowest BCUT2D eigenvalue weighted by Gasteiger charge is -2.25. The van der Waals surface area contributed by atoms with Gasteiger partial charge in [0.1, 0.15) is 13.2 Å². The Morgan fingerprint density at radius 3 is 1.17 bits per heavy atom. The smallest absolute Gasteiger partial charge is 0.407 e. The second-order valence-electron chi connectivity index (χ2n) is 25.5. The quantitative estimate of drug-likeness (QED) is 0.0242. The minimum atomic E-state index is -0.708. The molecule has 0 bridgehead atoms. The number of aromatic nitrogens is 4. The Labute approximate surface area is 594 Å². The number of nitrogens with one attached hydrogen (secondary N) is 4. The molecule has 0 fully saturated rings. The highest BCUT2D eigenvalue weighted by Gasteiger charge is 2.29. The topological polar surface area (TPSA) is 253 Å². The van der Waals surface area contributed by atoms with Gasteiger partial charge >= 0.3 is 24.2 Å². The van der Waals surface area contributed by atoms with Crippen molar-refractivity contribution in [1.82, 2.24) is 51.0 Å². The number of hydrogen-bond donors (Lipinski definition) is 5. The fraction of sp³-hybridized carbons (Fsp3) is 0.440. The predicted octanol–water partition coefficient (Wildman–Crippen LogP) is 14.9. The zero-order chi connectivity index (χ0) is 70.0. The lowest BCUT2D eigenvalue weighted by molar-refractivity contribution is -0.122. The fourth-order valence-corrected chi connectivity index (χ4v) is 14.0. The molecule has 0 saturated heterocycles. The van der Waals surface area contributed by atoms with Gasteiger partial charge in [-0.2, -0.15) is 0 Å². The summed E-state index contributed by atoms with van der Waals surface area (Å²) in [7, 11) is 3.44. The van der Waals surface area contributed by atoms with Crippen LogP contribution in [-0.2, 0) is 71.0 Å². The monoisotopic (exact) mass is 1410 g/mol. The van der Waals surface area contributed by atoms with E-state index in [1.165, 1.54) is 22.7 Å². The molecular weight excluding hydrogens is 1310 g/mol. The molecule has 8 aromatic rings. The summed E-state index contributed by atoms with van der Waals surface area (Å²) >= 11 is 6.06. The molecule has 0 saturated carbocycles. The standard InChI is InChI=1S/C38H49N5O4S2.C37H48N6O4S2/c1-5-12-34(42-37(45)43(4)23-32-25-48-36(40-32)27(2)3)35(44)21-30(19-28-13-8-6-9-14-28)17-18-31(20-29-15-10-7-11-16-29)41-38(46)47-24-33-22-39-26-49-33;1-26(2)35-40-31(24-48-35)22-43(3)36(45)42-33(16-17-38)34(44)20-29(18-27-10-6-4-7-11-27)14-15-30(19-28-12-8-5-9-13-28)41-37(46)47-23-32-21-39-25-49-32/h6-11,13-16,22,25-27,30-31,34H,5,12,17-21,23-24H2,1-4H3,(H,41,46)(H,42,45);4-13,21,24-26,29-30,33H,14-20,22-23,38H2,1-3H3,(H,41,46)(H,42,45)/t30-,31-,34+;29-,30-,33+/m11/s1. The highest BCUT2D eigenvalue weighted by molar-refractivity contribution is 7.10. The summed E-state index contributed by atoms with van der Waals surface area (Å²) in [5, 5.41) is 18.1. The summed E-state index contributed by atoms with van der Waals surface area (Å²) in [6.45, 7) is 11.7. The zero-order valence-electron chi connectivity index (χ0n) is 57.5. The first-order valence-electron chi connectivity index (χ1n) is 33.8. The van der Waals surface area contributed by atoms with Crippen molar-refractivity contribution in [1.29, 1.82) is 0 Å². The molecule has 0 radical (unpaired) electrons. The van der Waals surface area contributed by atoms with Gasteiger partial charge in [0.25, 0.3) is 0 Å². The summed E-state index contributed by atoms with van der Waals surface area (Å²) < 4.78 is 11.0. The van der Waals surface area contributed by atoms with E-state index in [0.717, 1.165) is 66.3 Å². The molecule has 19 nitrogen and oxygen atoms in total. The molecule has 0 aliphatic carbocycles. The van der Waals surface area contributed by atoms with Gasteiger partial charge in [-0.1, -0.05) is 162 Å². The number of Topliss-reactive ketones (excluding diaryl/α,β-unsaturated/α-hetero) is 2. The maximum atomic E-state index is 13.9. The summed E-state index contributed by atoms with van der Waals surface area (Å²) in [5.74, 6) is 0.614. The Kier molecular flexibility index (Phi) is 33.0. The van der Waals surface area contributed by atoms with Crippen LogP contribution in [0.3, 0.4) is 0 Å². The average molecular weight is 1410 g/mol. The Morgan fingerprint density at radius 2 is 0.847 bits per heavy atom. The Bertz CT molecular complexity index is 3360. The maximum Gasteiger partial charge on any atom is 0.407 e. The number of ketones is 2. The first-order chi connectivity index (χ1) is 47.4. The minimum Gasteiger partial charge on any atom is -0.444 e. The molecule has 98 heavy (non-hydrogen) atoms. The summed E-state index contributed by atoms with van der Waals surface area (Å²) in [4.78, 5) is 102. The van der Waals surface area contributed by atoms with Crippen LogP contribution in [-0.4, -0.2) is 110 Å². The molecule has 6 amide bonds. The van der Waals surface area contributed by atoms with Crippen LogP contribution in [0.25, 0.3) is 0 Å². The molecule has 6 atom stereocenters. The van der Waals surface area contributed by atoms with Gasteiger partial charge in [-0.25, -0.2) is 29.1 Å². The lowest BCUT2D eigenvalue weighted by Crippen LogP contribution is -2.47. The van der Waals surface area contributed by atoms with Gasteiger partial charge in [0.15, 0.2) is 11.6 Å². The van der Waals surface area contributed by atoms with Crippen LogP contribution in [0.1, 0.15) is 158 Å². The van der Waals surface area contributed by atoms with Gasteiger partial charge in [-0.3, -0.25) is 19.6 Å². The number of alkyl carbamates (subject to hydrolysis) is 2. The van der Waals surface area contributed by atoms with E-state index in [4.69, 9.17) is 15.2 Å². The number of carbonyl (C=O) groups is 6. The van der Waals surface area contributed by atoms with Crippen LogP contribution in [0.4, 0.5) is 19.2 Å². The van der Waals surface area contributed by atoms with Crippen LogP contribution in [0.15, 0.2) is 156 Å². The summed E-state index contributed by atoms with van der Waals surface area (Å²) in [6.07, 6.45) is 10.0. The second kappa shape index (κ2) is 41.9. The van der Waals surface area contributed by atoms with E-state index in [1.54, 1.807) is 70.0 Å². The number of nitrogens with two attached hydrogens (primary N) is 1. The van der Waals surface area contributed by atoms with Crippen LogP contribution in [0.2, 0.25) is 0 Å². The first kappa shape index (κ1) is 77.1. The SMILES string of the molecule is CC(C)c1nc(CN(C)C(=O)N[C@@H](CCN)C(=O)C[C@H](CC[C@H](Cc2ccccc2)NC(=O)OCc2cncs2)Cc2ccccc2)cs1.CCC[C@H](NC(=O)N(C)Cc1csc(C(C)C)n1)C(=O)C[C@H](CC[C@H](Cc1ccccc1)NC(=O)OCc1cncs1)Cc1ccccc1. The van der Waals surface area contributed by atoms with Crippen molar-refractivity contribution in [2.45, 2.75) is 180 Å². The number of thiazole rings is 4. The molecule has 4 aromatic heterocycles. The van der Waals surface area contributed by atoms with Crippen LogP contribution in [0, 0.1) is 11.8 Å². The molecule has 0 unspecified atom stereocenters. The van der Waals surface area contributed by atoms with Crippen molar-refractivity contribution in [3.8, 4) is 0 Å². The van der Waals surface area contributed by atoms with Crippen molar-refractivity contribution in [2.24, 2.45) is 17.6 Å². The third kappa shape index (κ3) is 28.0. The molecule has 6 N–H and O–H groups in total. The summed E-state index contributed by atoms with van der Waals surface area (Å²) in [6, 6.07) is 38.0. The molecule has 524 valence electrons. The minimum absolute atomic E-state index is 0.0154. The number of nitrogens with zero attached hydrogens (tertiary/aromatic N) is 6. The Hall–Kier alpha value is -8.22. The lowest BCUT2D eigenvalue weighted by atomic mass is 9.86. The number of ether oxygens (including phenoxy) is 2. The largest absolute Gasteiger partial charge is 0.444 e. The van der Waals surface area contributed by atoms with Gasteiger partial charge < -0.3 is 46.3 Å². The van der Waals surface area contributed by atoms with Crippen molar-refractivity contribution in [3.05, 3.63) is 209 Å². The summed E-state index contributed by atoms with van der Waals surface area (Å²) in [5.41, 5.74) is 15.5. The highest BCUT2D eigenvalue weighted by Crippen LogP contribution is 2.27. The van der Waals surface area contributed by atoms with Crippen LogP contribution < -0.4 is 27.0 Å². The van der Waals surface area contributed by atoms with Crippen molar-refractivity contribution in [2.75, 3.05) is 20.6 Å². The number of benzene rings is 4. The number of rotatable bonds is 38. The highest BCUT2D eigenvalue weighted by atomic mass is 32.1. The Morgan fingerprint density at radius 1 is 0.480 bits per heavy atom. The third-order valence-corrected chi connectivity index (χ3v) is 20.4.